The summed E-state index contributed by atoms with van der Waals surface area (Å²) < 4.78 is 35.9. The molecule has 0 aromatic heterocycles. The van der Waals surface area contributed by atoms with Gasteiger partial charge in [0.15, 0.2) is 5.78 Å². The van der Waals surface area contributed by atoms with Gasteiger partial charge >= 0.3 is 18.1 Å². The molecule has 0 aromatic rings. The fourth-order valence-electron chi connectivity index (χ4n) is 1.29. The highest BCUT2D eigenvalue weighted by Gasteiger charge is 2.49. The number of carboxylic acid groups (broad SMARTS) is 1. The van der Waals surface area contributed by atoms with Crippen molar-refractivity contribution in [2.75, 3.05) is 6.54 Å². The standard InChI is InChI=1S/C7H6F3NO4/c8-7(9,10)6(15)11-2-3(12)1-4(11)5(13)14/h4H,1-2H2,(H,13,14)/t4-/m0/s1. The lowest BCUT2D eigenvalue weighted by atomic mass is 10.2. The number of likely N-dealkylation sites (tertiary alicyclic amines) is 1. The number of Topliss-reactive ketones (excluding diaryl/α,β-unsaturated/α-hetero) is 1. The third-order valence-electron chi connectivity index (χ3n) is 1.93. The van der Waals surface area contributed by atoms with Crippen molar-refractivity contribution in [2.45, 2.75) is 18.6 Å². The highest BCUT2D eigenvalue weighted by atomic mass is 19.4. The maximum Gasteiger partial charge on any atom is 0.471 e. The summed E-state index contributed by atoms with van der Waals surface area (Å²) in [6.45, 7) is -0.796. The van der Waals surface area contributed by atoms with Gasteiger partial charge in [0.05, 0.1) is 6.54 Å². The van der Waals surface area contributed by atoms with Gasteiger partial charge < -0.3 is 10.0 Å². The molecule has 0 aliphatic carbocycles. The normalized spacial score (nSPS) is 21.9. The fraction of sp³-hybridized carbons (Fsp3) is 0.571. The minimum absolute atomic E-state index is 0.0324. The number of carboxylic acids is 1. The lowest BCUT2D eigenvalue weighted by molar-refractivity contribution is -0.188. The molecular formula is C7H6F3NO4. The van der Waals surface area contributed by atoms with Crippen molar-refractivity contribution in [3.8, 4) is 0 Å². The topological polar surface area (TPSA) is 74.7 Å². The maximum atomic E-state index is 12.0. The maximum absolute atomic E-state index is 12.0. The number of nitrogens with zero attached hydrogens (tertiary/aromatic N) is 1. The Hall–Kier alpha value is -1.60. The van der Waals surface area contributed by atoms with Gasteiger partial charge in [0.2, 0.25) is 0 Å². The first-order valence-corrected chi connectivity index (χ1v) is 3.85. The molecule has 84 valence electrons. The molecule has 0 unspecified atom stereocenters. The predicted octanol–water partition coefficient (Wildman–Crippen LogP) is -0.197. The minimum atomic E-state index is -5.15. The van der Waals surface area contributed by atoms with Crippen LogP contribution < -0.4 is 0 Å². The zero-order valence-corrected chi connectivity index (χ0v) is 7.24. The largest absolute Gasteiger partial charge is 0.480 e. The molecule has 8 heteroatoms. The van der Waals surface area contributed by atoms with Gasteiger partial charge in [-0.05, 0) is 0 Å². The average Bonchev–Trinajstić information content (AvgIpc) is 2.44. The summed E-state index contributed by atoms with van der Waals surface area (Å²) >= 11 is 0. The molecular weight excluding hydrogens is 219 g/mol. The van der Waals surface area contributed by atoms with E-state index in [4.69, 9.17) is 5.11 Å². The lowest BCUT2D eigenvalue weighted by Crippen LogP contribution is -2.46. The van der Waals surface area contributed by atoms with Gasteiger partial charge in [-0.15, -0.1) is 0 Å². The van der Waals surface area contributed by atoms with E-state index < -0.39 is 42.8 Å². The zero-order chi connectivity index (χ0) is 11.8. The molecule has 1 aliphatic heterocycles. The number of alkyl halides is 3. The van der Waals surface area contributed by atoms with Crippen molar-refractivity contribution < 1.29 is 32.7 Å². The van der Waals surface area contributed by atoms with Crippen molar-refractivity contribution in [2.24, 2.45) is 0 Å². The third kappa shape index (κ3) is 2.25. The Balaban J connectivity index is 2.89. The van der Waals surface area contributed by atoms with Gasteiger partial charge in [0, 0.05) is 6.42 Å². The Kier molecular flexibility index (Phi) is 2.69. The van der Waals surface area contributed by atoms with Crippen LogP contribution in [0.4, 0.5) is 13.2 Å². The van der Waals surface area contributed by atoms with E-state index in [2.05, 4.69) is 0 Å². The van der Waals surface area contributed by atoms with Gasteiger partial charge in [-0.1, -0.05) is 0 Å². The highest BCUT2D eigenvalue weighted by Crippen LogP contribution is 2.24. The van der Waals surface area contributed by atoms with Crippen molar-refractivity contribution in [3.63, 3.8) is 0 Å². The Morgan fingerprint density at radius 2 is 1.93 bits per heavy atom. The first kappa shape index (κ1) is 11.5. The molecule has 0 aromatic carbocycles. The Morgan fingerprint density at radius 1 is 1.40 bits per heavy atom. The second-order valence-electron chi connectivity index (χ2n) is 3.03. The number of carbonyl (C=O) groups excluding carboxylic acids is 2. The monoisotopic (exact) mass is 225 g/mol. The van der Waals surface area contributed by atoms with Gasteiger partial charge in [-0.3, -0.25) is 9.59 Å². The molecule has 0 bridgehead atoms. The molecule has 1 atom stereocenters. The number of aliphatic carboxylic acids is 1. The second-order valence-corrected chi connectivity index (χ2v) is 3.03. The van der Waals surface area contributed by atoms with E-state index in [1.807, 2.05) is 0 Å². The molecule has 0 saturated carbocycles. The van der Waals surface area contributed by atoms with E-state index in [0.29, 0.717) is 0 Å². The van der Waals surface area contributed by atoms with Gasteiger partial charge in [0.1, 0.15) is 6.04 Å². The number of carbonyl (C=O) groups is 3. The summed E-state index contributed by atoms with van der Waals surface area (Å²) in [4.78, 5) is 32.0. The van der Waals surface area contributed by atoms with Crippen LogP contribution in [0.3, 0.4) is 0 Å². The molecule has 1 aliphatic rings. The first-order valence-electron chi connectivity index (χ1n) is 3.85. The zero-order valence-electron chi connectivity index (χ0n) is 7.24. The highest BCUT2D eigenvalue weighted by molar-refractivity contribution is 5.98. The Labute approximate surface area is 81.5 Å². The first-order chi connectivity index (χ1) is 6.73. The van der Waals surface area contributed by atoms with Crippen molar-refractivity contribution >= 4 is 17.7 Å². The van der Waals surface area contributed by atoms with E-state index >= 15 is 0 Å². The molecule has 1 amide bonds. The van der Waals surface area contributed by atoms with Crippen molar-refractivity contribution in [1.82, 2.24) is 4.90 Å². The van der Waals surface area contributed by atoms with E-state index in [0.717, 1.165) is 0 Å². The molecule has 1 rings (SSSR count). The van der Waals surface area contributed by atoms with Crippen LogP contribution in [-0.4, -0.2) is 46.4 Å². The minimum Gasteiger partial charge on any atom is -0.480 e. The molecule has 0 radical (unpaired) electrons. The molecule has 1 fully saturated rings. The number of amides is 1. The summed E-state index contributed by atoms with van der Waals surface area (Å²) in [5.41, 5.74) is 0. The molecule has 1 saturated heterocycles. The van der Waals surface area contributed by atoms with Crippen LogP contribution in [0.1, 0.15) is 6.42 Å². The smallest absolute Gasteiger partial charge is 0.471 e. The lowest BCUT2D eigenvalue weighted by Gasteiger charge is -2.21. The Bertz CT molecular complexity index is 325. The summed E-state index contributed by atoms with van der Waals surface area (Å²) in [5.74, 6) is -4.60. The summed E-state index contributed by atoms with van der Waals surface area (Å²) in [7, 11) is 0. The summed E-state index contributed by atoms with van der Waals surface area (Å²) in [6, 6.07) is -1.70. The quantitative estimate of drug-likeness (QED) is 0.670. The number of rotatable bonds is 1. The number of hydrogen-bond donors (Lipinski definition) is 1. The average molecular weight is 225 g/mol. The third-order valence-corrected chi connectivity index (χ3v) is 1.93. The molecule has 5 nitrogen and oxygen atoms in total. The number of halogens is 3. The predicted molar refractivity (Wildman–Crippen MR) is 38.8 cm³/mol. The molecule has 0 spiro atoms. The molecule has 1 heterocycles. The summed E-state index contributed by atoms with van der Waals surface area (Å²) in [5, 5.41) is 8.50. The number of hydrogen-bond acceptors (Lipinski definition) is 3. The molecule has 1 N–H and O–H groups in total. The fourth-order valence-corrected chi connectivity index (χ4v) is 1.29. The van der Waals surface area contributed by atoms with Crippen LogP contribution in [-0.2, 0) is 14.4 Å². The summed E-state index contributed by atoms with van der Waals surface area (Å²) in [6.07, 6.45) is -5.73. The van der Waals surface area contributed by atoms with Crippen LogP contribution in [0, 0.1) is 0 Å². The Morgan fingerprint density at radius 3 is 2.33 bits per heavy atom. The van der Waals surface area contributed by atoms with Crippen LogP contribution >= 0.6 is 0 Å². The number of ketones is 1. The van der Waals surface area contributed by atoms with Crippen LogP contribution in [0.25, 0.3) is 0 Å². The van der Waals surface area contributed by atoms with E-state index in [1.54, 1.807) is 0 Å². The second kappa shape index (κ2) is 3.52. The molecule has 15 heavy (non-hydrogen) atoms. The van der Waals surface area contributed by atoms with E-state index in [-0.39, 0.29) is 4.90 Å². The SMILES string of the molecule is O=C1C[C@@H](C(=O)O)N(C(=O)C(F)(F)F)C1. The van der Waals surface area contributed by atoms with E-state index in [1.165, 1.54) is 0 Å². The van der Waals surface area contributed by atoms with Crippen LogP contribution in [0.5, 0.6) is 0 Å². The van der Waals surface area contributed by atoms with E-state index in [9.17, 15) is 27.6 Å². The van der Waals surface area contributed by atoms with Crippen molar-refractivity contribution in [1.29, 1.82) is 0 Å². The van der Waals surface area contributed by atoms with Crippen LogP contribution in [0.15, 0.2) is 0 Å². The van der Waals surface area contributed by atoms with Gasteiger partial charge in [-0.2, -0.15) is 13.2 Å². The van der Waals surface area contributed by atoms with Gasteiger partial charge in [-0.25, -0.2) is 4.79 Å². The van der Waals surface area contributed by atoms with Crippen LogP contribution in [0.2, 0.25) is 0 Å². The van der Waals surface area contributed by atoms with Gasteiger partial charge in [0.25, 0.3) is 0 Å². The van der Waals surface area contributed by atoms with Crippen molar-refractivity contribution in [3.05, 3.63) is 0 Å².